The average molecular weight is 312 g/mol. The largest absolute Gasteiger partial charge is 0.367 e. The molecule has 7 heteroatoms. The predicted octanol–water partition coefficient (Wildman–Crippen LogP) is 1.94. The quantitative estimate of drug-likeness (QED) is 0.677. The van der Waals surface area contributed by atoms with E-state index in [4.69, 9.17) is 0 Å². The molecule has 0 radical (unpaired) electrons. The number of anilines is 3. The monoisotopic (exact) mass is 312 g/mol. The van der Waals surface area contributed by atoms with Crippen LogP contribution in [-0.2, 0) is 4.79 Å². The van der Waals surface area contributed by atoms with E-state index < -0.39 is 0 Å². The van der Waals surface area contributed by atoms with Crippen LogP contribution in [0.4, 0.5) is 17.3 Å². The van der Waals surface area contributed by atoms with Gasteiger partial charge in [-0.1, -0.05) is 6.42 Å². The number of pyridine rings is 1. The Labute approximate surface area is 134 Å². The third-order valence-corrected chi connectivity index (χ3v) is 3.80. The fourth-order valence-electron chi connectivity index (χ4n) is 2.27. The van der Waals surface area contributed by atoms with Crippen LogP contribution in [-0.4, -0.2) is 34.2 Å². The SMILES string of the molecule is O=C(NCCNc1ccc(Nc2cccnc2)nn1)C1CCC1. The Hall–Kier alpha value is -2.70. The first kappa shape index (κ1) is 15.2. The molecule has 0 aliphatic heterocycles. The minimum absolute atomic E-state index is 0.167. The smallest absolute Gasteiger partial charge is 0.223 e. The maximum Gasteiger partial charge on any atom is 0.223 e. The van der Waals surface area contributed by atoms with Crippen LogP contribution in [0, 0.1) is 5.92 Å². The molecule has 120 valence electrons. The Morgan fingerprint density at radius 3 is 2.61 bits per heavy atom. The van der Waals surface area contributed by atoms with Crippen molar-refractivity contribution in [3.63, 3.8) is 0 Å². The van der Waals surface area contributed by atoms with Crippen LogP contribution in [0.5, 0.6) is 0 Å². The van der Waals surface area contributed by atoms with Crippen LogP contribution in [0.15, 0.2) is 36.7 Å². The molecule has 0 aromatic carbocycles. The van der Waals surface area contributed by atoms with E-state index in [1.54, 1.807) is 12.4 Å². The van der Waals surface area contributed by atoms with E-state index >= 15 is 0 Å². The summed E-state index contributed by atoms with van der Waals surface area (Å²) in [6.45, 7) is 1.22. The van der Waals surface area contributed by atoms with Crippen molar-refractivity contribution in [3.8, 4) is 0 Å². The highest BCUT2D eigenvalue weighted by Gasteiger charge is 2.24. The van der Waals surface area contributed by atoms with E-state index in [0.717, 1.165) is 18.5 Å². The summed E-state index contributed by atoms with van der Waals surface area (Å²) in [6, 6.07) is 7.45. The van der Waals surface area contributed by atoms with Gasteiger partial charge in [0, 0.05) is 25.2 Å². The van der Waals surface area contributed by atoms with Crippen molar-refractivity contribution in [1.82, 2.24) is 20.5 Å². The summed E-state index contributed by atoms with van der Waals surface area (Å²) >= 11 is 0. The highest BCUT2D eigenvalue weighted by Crippen LogP contribution is 2.25. The summed E-state index contributed by atoms with van der Waals surface area (Å²) < 4.78 is 0. The number of hydrogen-bond donors (Lipinski definition) is 3. The molecule has 1 aliphatic rings. The lowest BCUT2D eigenvalue weighted by Gasteiger charge is -2.24. The van der Waals surface area contributed by atoms with Gasteiger partial charge < -0.3 is 16.0 Å². The van der Waals surface area contributed by atoms with Gasteiger partial charge in [-0.2, -0.15) is 0 Å². The number of hydrogen-bond acceptors (Lipinski definition) is 6. The van der Waals surface area contributed by atoms with Crippen LogP contribution in [0.25, 0.3) is 0 Å². The van der Waals surface area contributed by atoms with Gasteiger partial charge in [-0.25, -0.2) is 0 Å². The molecule has 1 fully saturated rings. The fourth-order valence-corrected chi connectivity index (χ4v) is 2.27. The first-order valence-corrected chi connectivity index (χ1v) is 7.83. The van der Waals surface area contributed by atoms with E-state index in [2.05, 4.69) is 31.1 Å². The molecule has 3 rings (SSSR count). The lowest BCUT2D eigenvalue weighted by Crippen LogP contribution is -2.36. The molecule has 2 heterocycles. The van der Waals surface area contributed by atoms with Gasteiger partial charge in [0.05, 0.1) is 11.9 Å². The molecule has 0 bridgehead atoms. The minimum atomic E-state index is 0.167. The van der Waals surface area contributed by atoms with E-state index in [0.29, 0.717) is 24.7 Å². The Balaban J connectivity index is 1.40. The second-order valence-corrected chi connectivity index (χ2v) is 5.52. The fraction of sp³-hybridized carbons (Fsp3) is 0.375. The first-order valence-electron chi connectivity index (χ1n) is 7.83. The van der Waals surface area contributed by atoms with Crippen molar-refractivity contribution in [2.75, 3.05) is 23.7 Å². The molecule has 23 heavy (non-hydrogen) atoms. The molecule has 1 saturated carbocycles. The van der Waals surface area contributed by atoms with Gasteiger partial charge >= 0.3 is 0 Å². The number of carbonyl (C=O) groups excluding carboxylic acids is 1. The van der Waals surface area contributed by atoms with Crippen LogP contribution >= 0.6 is 0 Å². The molecule has 2 aromatic heterocycles. The molecular weight excluding hydrogens is 292 g/mol. The van der Waals surface area contributed by atoms with Crippen molar-refractivity contribution < 1.29 is 4.79 Å². The van der Waals surface area contributed by atoms with Gasteiger partial charge in [0.1, 0.15) is 5.82 Å². The number of aromatic nitrogens is 3. The lowest BCUT2D eigenvalue weighted by molar-refractivity contribution is -0.127. The normalized spacial score (nSPS) is 13.9. The summed E-state index contributed by atoms with van der Waals surface area (Å²) in [4.78, 5) is 15.7. The second kappa shape index (κ2) is 7.53. The minimum Gasteiger partial charge on any atom is -0.367 e. The summed E-state index contributed by atoms with van der Waals surface area (Å²) in [5.41, 5.74) is 0.862. The Bertz CT molecular complexity index is 627. The number of nitrogens with one attached hydrogen (secondary N) is 3. The Kier molecular flexibility index (Phi) is 4.98. The van der Waals surface area contributed by atoms with Crippen molar-refractivity contribution >= 4 is 23.2 Å². The average Bonchev–Trinajstić information content (AvgIpc) is 2.52. The molecule has 2 aromatic rings. The summed E-state index contributed by atoms with van der Waals surface area (Å²) in [5, 5.41) is 17.4. The Morgan fingerprint density at radius 1 is 1.13 bits per heavy atom. The number of amides is 1. The van der Waals surface area contributed by atoms with Crippen LogP contribution in [0.3, 0.4) is 0 Å². The number of rotatable bonds is 7. The topological polar surface area (TPSA) is 91.8 Å². The summed E-state index contributed by atoms with van der Waals surface area (Å²) in [6.07, 6.45) is 6.66. The zero-order valence-corrected chi connectivity index (χ0v) is 12.8. The lowest BCUT2D eigenvalue weighted by atomic mass is 9.85. The van der Waals surface area contributed by atoms with Crippen LogP contribution in [0.2, 0.25) is 0 Å². The second-order valence-electron chi connectivity index (χ2n) is 5.52. The van der Waals surface area contributed by atoms with Crippen molar-refractivity contribution in [3.05, 3.63) is 36.7 Å². The molecule has 0 unspecified atom stereocenters. The molecule has 0 atom stereocenters. The molecule has 7 nitrogen and oxygen atoms in total. The van der Waals surface area contributed by atoms with Gasteiger partial charge in [0.2, 0.25) is 5.91 Å². The van der Waals surface area contributed by atoms with Crippen molar-refractivity contribution in [1.29, 1.82) is 0 Å². The highest BCUT2D eigenvalue weighted by molar-refractivity contribution is 5.79. The van der Waals surface area contributed by atoms with Crippen LogP contribution < -0.4 is 16.0 Å². The zero-order chi connectivity index (χ0) is 15.9. The van der Waals surface area contributed by atoms with E-state index in [1.807, 2.05) is 24.3 Å². The summed E-state index contributed by atoms with van der Waals surface area (Å²) in [5.74, 6) is 1.73. The highest BCUT2D eigenvalue weighted by atomic mass is 16.1. The van der Waals surface area contributed by atoms with E-state index in [-0.39, 0.29) is 11.8 Å². The maximum absolute atomic E-state index is 11.7. The van der Waals surface area contributed by atoms with Gasteiger partial charge in [0.15, 0.2) is 5.82 Å². The first-order chi connectivity index (χ1) is 11.3. The number of carbonyl (C=O) groups is 1. The zero-order valence-electron chi connectivity index (χ0n) is 12.8. The molecule has 1 amide bonds. The van der Waals surface area contributed by atoms with Gasteiger partial charge in [-0.15, -0.1) is 10.2 Å². The molecule has 3 N–H and O–H groups in total. The van der Waals surface area contributed by atoms with Crippen molar-refractivity contribution in [2.45, 2.75) is 19.3 Å². The molecule has 0 saturated heterocycles. The molecule has 0 spiro atoms. The van der Waals surface area contributed by atoms with E-state index in [1.165, 1.54) is 6.42 Å². The maximum atomic E-state index is 11.7. The van der Waals surface area contributed by atoms with Gasteiger partial charge in [-0.05, 0) is 37.1 Å². The van der Waals surface area contributed by atoms with Crippen LogP contribution in [0.1, 0.15) is 19.3 Å². The predicted molar refractivity (Wildman–Crippen MR) is 88.4 cm³/mol. The van der Waals surface area contributed by atoms with E-state index in [9.17, 15) is 4.79 Å². The number of nitrogens with zero attached hydrogens (tertiary/aromatic N) is 3. The third kappa shape index (κ3) is 4.38. The van der Waals surface area contributed by atoms with Gasteiger partial charge in [0.25, 0.3) is 0 Å². The molecule has 1 aliphatic carbocycles. The Morgan fingerprint density at radius 2 is 1.96 bits per heavy atom. The van der Waals surface area contributed by atoms with Crippen molar-refractivity contribution in [2.24, 2.45) is 5.92 Å². The molecular formula is C16H20N6O. The third-order valence-electron chi connectivity index (χ3n) is 3.80. The standard InChI is InChI=1S/C16H20N6O/c23-16(12-3-1-4-12)19-10-9-18-14-6-7-15(22-21-14)20-13-5-2-8-17-11-13/h2,5-8,11-12H,1,3-4,9-10H2,(H,18,21)(H,19,23)(H,20,22). The summed E-state index contributed by atoms with van der Waals surface area (Å²) in [7, 11) is 0. The van der Waals surface area contributed by atoms with Gasteiger partial charge in [-0.3, -0.25) is 9.78 Å².